The van der Waals surface area contributed by atoms with E-state index in [1.165, 1.54) is 7.11 Å². The summed E-state index contributed by atoms with van der Waals surface area (Å²) in [5, 5.41) is 10.2. The van der Waals surface area contributed by atoms with Crippen molar-refractivity contribution in [1.29, 1.82) is 0 Å². The summed E-state index contributed by atoms with van der Waals surface area (Å²) >= 11 is 0. The Hall–Kier alpha value is -2.54. The average molecular weight is 361 g/mol. The van der Waals surface area contributed by atoms with Crippen molar-refractivity contribution in [2.24, 2.45) is 0 Å². The number of methoxy groups -OCH3 is 1. The first-order chi connectivity index (χ1) is 12.4. The van der Waals surface area contributed by atoms with Crippen LogP contribution < -0.4 is 14.2 Å². The summed E-state index contributed by atoms with van der Waals surface area (Å²) in [6.07, 6.45) is -2.09. The van der Waals surface area contributed by atoms with Crippen LogP contribution in [0.3, 0.4) is 0 Å². The Morgan fingerprint density at radius 3 is 2.58 bits per heavy atom. The quantitative estimate of drug-likeness (QED) is 0.844. The number of hydrogen-bond donors (Lipinski definition) is 1. The lowest BCUT2D eigenvalue weighted by Crippen LogP contribution is -2.39. The highest BCUT2D eigenvalue weighted by molar-refractivity contribution is 5.53. The molecule has 0 unspecified atom stereocenters. The monoisotopic (exact) mass is 361 g/mol. The van der Waals surface area contributed by atoms with E-state index in [0.717, 1.165) is 35.2 Å². The Balaban J connectivity index is 1.53. The Kier molecular flexibility index (Phi) is 3.16. The van der Waals surface area contributed by atoms with Crippen molar-refractivity contribution in [3.63, 3.8) is 0 Å². The van der Waals surface area contributed by atoms with Gasteiger partial charge in [0.1, 0.15) is 0 Å². The molecule has 0 amide bonds. The molecule has 3 heterocycles. The van der Waals surface area contributed by atoms with Crippen LogP contribution in [0.25, 0.3) is 0 Å². The molecule has 3 aliphatic rings. The molecular weight excluding hydrogens is 344 g/mol. The molecule has 2 aromatic carbocycles. The second-order valence-electron chi connectivity index (χ2n) is 6.90. The number of benzene rings is 2. The molecule has 0 spiro atoms. The first-order valence-corrected chi connectivity index (χ1v) is 8.49. The van der Waals surface area contributed by atoms with Gasteiger partial charge >= 0.3 is 6.29 Å². The number of phenols is 1. The second kappa shape index (κ2) is 5.23. The Labute approximate surface area is 148 Å². The summed E-state index contributed by atoms with van der Waals surface area (Å²) in [4.78, 5) is 2.30. The van der Waals surface area contributed by atoms with Gasteiger partial charge in [-0.25, -0.2) is 0 Å². The minimum atomic E-state index is -3.60. The van der Waals surface area contributed by atoms with E-state index in [-0.39, 0.29) is 23.3 Å². The molecule has 26 heavy (non-hydrogen) atoms. The Bertz CT molecular complexity index is 915. The summed E-state index contributed by atoms with van der Waals surface area (Å²) in [6, 6.07) is 7.04. The molecule has 0 saturated heterocycles. The molecule has 0 aliphatic carbocycles. The molecule has 1 N–H and O–H groups in total. The smallest absolute Gasteiger partial charge is 0.504 e. The van der Waals surface area contributed by atoms with Crippen molar-refractivity contribution in [2.75, 3.05) is 13.7 Å². The summed E-state index contributed by atoms with van der Waals surface area (Å²) < 4.78 is 41.0. The van der Waals surface area contributed by atoms with E-state index in [1.54, 1.807) is 18.2 Å². The number of aromatic hydroxyl groups is 1. The lowest BCUT2D eigenvalue weighted by molar-refractivity contribution is -0.286. The van der Waals surface area contributed by atoms with Crippen LogP contribution >= 0.6 is 0 Å². The largest absolute Gasteiger partial charge is 0.586 e. The van der Waals surface area contributed by atoms with Crippen molar-refractivity contribution < 1.29 is 28.1 Å². The zero-order chi connectivity index (χ0) is 18.1. The zero-order valence-electron chi connectivity index (χ0n) is 14.1. The van der Waals surface area contributed by atoms with Gasteiger partial charge in [-0.3, -0.25) is 4.90 Å². The SMILES string of the molecule is COc1cc2c(cc1O)[C@@H]1Cc3cc4c(cc3CN1CC2)OC(F)(F)O4. The van der Waals surface area contributed by atoms with Crippen LogP contribution in [0.2, 0.25) is 0 Å². The van der Waals surface area contributed by atoms with Crippen LogP contribution in [0.15, 0.2) is 24.3 Å². The molecule has 2 aromatic rings. The molecule has 5 nitrogen and oxygen atoms in total. The zero-order valence-corrected chi connectivity index (χ0v) is 14.1. The van der Waals surface area contributed by atoms with Crippen LogP contribution in [-0.2, 0) is 19.4 Å². The number of halogens is 2. The van der Waals surface area contributed by atoms with Gasteiger partial charge in [0.15, 0.2) is 23.0 Å². The van der Waals surface area contributed by atoms with Gasteiger partial charge in [-0.15, -0.1) is 8.78 Å². The van der Waals surface area contributed by atoms with Gasteiger partial charge in [0, 0.05) is 19.1 Å². The highest BCUT2D eigenvalue weighted by Crippen LogP contribution is 2.47. The average Bonchev–Trinajstić information content (AvgIpc) is 2.90. The second-order valence-corrected chi connectivity index (χ2v) is 6.90. The molecule has 0 radical (unpaired) electrons. The molecule has 5 rings (SSSR count). The Morgan fingerprint density at radius 2 is 1.85 bits per heavy atom. The fourth-order valence-corrected chi connectivity index (χ4v) is 4.21. The normalized spacial score (nSPS) is 22.3. The van der Waals surface area contributed by atoms with E-state index in [1.807, 2.05) is 6.07 Å². The van der Waals surface area contributed by atoms with E-state index < -0.39 is 6.29 Å². The third-order valence-corrected chi connectivity index (χ3v) is 5.42. The number of nitrogens with zero attached hydrogens (tertiary/aromatic N) is 1. The third kappa shape index (κ3) is 2.30. The molecule has 0 bridgehead atoms. The summed E-state index contributed by atoms with van der Waals surface area (Å²) in [5.74, 6) is 0.756. The number of ether oxygens (including phenoxy) is 3. The van der Waals surface area contributed by atoms with Crippen molar-refractivity contribution in [3.05, 3.63) is 46.5 Å². The highest BCUT2D eigenvalue weighted by Gasteiger charge is 2.44. The molecule has 136 valence electrons. The molecule has 0 aromatic heterocycles. The predicted molar refractivity (Wildman–Crippen MR) is 87.9 cm³/mol. The van der Waals surface area contributed by atoms with Gasteiger partial charge in [-0.1, -0.05) is 0 Å². The fraction of sp³-hybridized carbons (Fsp3) is 0.368. The van der Waals surface area contributed by atoms with E-state index in [2.05, 4.69) is 14.4 Å². The van der Waals surface area contributed by atoms with Gasteiger partial charge < -0.3 is 19.3 Å². The minimum absolute atomic E-state index is 0.0795. The number of hydrogen-bond acceptors (Lipinski definition) is 5. The first kappa shape index (κ1) is 15.7. The van der Waals surface area contributed by atoms with Crippen molar-refractivity contribution in [1.82, 2.24) is 4.90 Å². The lowest BCUT2D eigenvalue weighted by atomic mass is 9.83. The maximum Gasteiger partial charge on any atom is 0.586 e. The Morgan fingerprint density at radius 1 is 1.12 bits per heavy atom. The van der Waals surface area contributed by atoms with E-state index in [0.29, 0.717) is 18.7 Å². The topological polar surface area (TPSA) is 51.2 Å². The summed E-state index contributed by atoms with van der Waals surface area (Å²) in [6.45, 7) is 1.50. The van der Waals surface area contributed by atoms with E-state index >= 15 is 0 Å². The summed E-state index contributed by atoms with van der Waals surface area (Å²) in [7, 11) is 1.53. The maximum atomic E-state index is 13.3. The van der Waals surface area contributed by atoms with Gasteiger partial charge in [0.2, 0.25) is 0 Å². The minimum Gasteiger partial charge on any atom is -0.504 e. The molecule has 7 heteroatoms. The fourth-order valence-electron chi connectivity index (χ4n) is 4.21. The highest BCUT2D eigenvalue weighted by atomic mass is 19.3. The lowest BCUT2D eigenvalue weighted by Gasteiger charge is -2.41. The third-order valence-electron chi connectivity index (χ3n) is 5.42. The molecule has 3 aliphatic heterocycles. The number of rotatable bonds is 1. The molecular formula is C19H17F2NO4. The van der Waals surface area contributed by atoms with Gasteiger partial charge in [0.05, 0.1) is 7.11 Å². The van der Waals surface area contributed by atoms with E-state index in [9.17, 15) is 13.9 Å². The number of fused-ring (bicyclic) bond motifs is 5. The van der Waals surface area contributed by atoms with Crippen LogP contribution in [0, 0.1) is 0 Å². The standard InChI is InChI=1S/C19H17F2NO4/c1-24-16-5-10-2-3-22-9-12-7-18-17(25-19(20,21)26-18)6-11(12)4-14(22)13(10)8-15(16)23/h5-8,14,23H,2-4,9H2,1H3/t14-/m0/s1. The van der Waals surface area contributed by atoms with Gasteiger partial charge in [-0.2, -0.15) is 0 Å². The molecule has 0 saturated carbocycles. The molecule has 0 fully saturated rings. The van der Waals surface area contributed by atoms with Crippen LogP contribution in [0.1, 0.15) is 28.3 Å². The van der Waals surface area contributed by atoms with Crippen molar-refractivity contribution >= 4 is 0 Å². The molecule has 1 atom stereocenters. The van der Waals surface area contributed by atoms with Crippen molar-refractivity contribution in [2.45, 2.75) is 31.7 Å². The summed E-state index contributed by atoms with van der Waals surface area (Å²) in [5.41, 5.74) is 4.15. The van der Waals surface area contributed by atoms with E-state index in [4.69, 9.17) is 4.74 Å². The maximum absolute atomic E-state index is 13.3. The van der Waals surface area contributed by atoms with Crippen LogP contribution in [0.4, 0.5) is 8.78 Å². The first-order valence-electron chi connectivity index (χ1n) is 8.49. The van der Waals surface area contributed by atoms with Crippen molar-refractivity contribution in [3.8, 4) is 23.0 Å². The predicted octanol–water partition coefficient (Wildman–Crippen LogP) is 3.38. The number of alkyl halides is 2. The van der Waals surface area contributed by atoms with Gasteiger partial charge in [-0.05, 0) is 59.4 Å². The van der Waals surface area contributed by atoms with Crippen LogP contribution in [-0.4, -0.2) is 30.0 Å². The number of phenolic OH excluding ortho intramolecular Hbond substituents is 1. The van der Waals surface area contributed by atoms with Crippen LogP contribution in [0.5, 0.6) is 23.0 Å². The van der Waals surface area contributed by atoms with Gasteiger partial charge in [0.25, 0.3) is 0 Å².